The first-order valence-electron chi connectivity index (χ1n) is 3.55. The van der Waals surface area contributed by atoms with Gasteiger partial charge in [-0.3, -0.25) is 9.59 Å². The molecule has 0 saturated heterocycles. The van der Waals surface area contributed by atoms with Crippen LogP contribution < -0.4 is 11.5 Å². The van der Waals surface area contributed by atoms with Gasteiger partial charge in [0, 0.05) is 0 Å². The summed E-state index contributed by atoms with van der Waals surface area (Å²) in [7, 11) is 0. The summed E-state index contributed by atoms with van der Waals surface area (Å²) >= 11 is 0. The van der Waals surface area contributed by atoms with Gasteiger partial charge in [0.05, 0.1) is 0 Å². The third-order valence-electron chi connectivity index (χ3n) is 1.71. The van der Waals surface area contributed by atoms with Crippen LogP contribution in [0.4, 0.5) is 0 Å². The second kappa shape index (κ2) is 3.48. The number of nitrogens with two attached hydrogens (primary N) is 2. The van der Waals surface area contributed by atoms with E-state index in [1.165, 1.54) is 6.92 Å². The molecule has 0 radical (unpaired) electrons. The van der Waals surface area contributed by atoms with Crippen molar-refractivity contribution < 1.29 is 9.59 Å². The minimum atomic E-state index is -1.45. The molecule has 0 aromatic heterocycles. The van der Waals surface area contributed by atoms with Gasteiger partial charge >= 0.3 is 0 Å². The summed E-state index contributed by atoms with van der Waals surface area (Å²) in [4.78, 5) is 21.6. The lowest BCUT2D eigenvalue weighted by Crippen LogP contribution is -2.57. The summed E-state index contributed by atoms with van der Waals surface area (Å²) < 4.78 is 0. The number of Topliss-reactive ketones (excluding diaryl/α,β-unsaturated/α-hetero) is 1. The van der Waals surface area contributed by atoms with Crippen molar-refractivity contribution in [1.29, 1.82) is 0 Å². The number of carbonyl (C=O) groups excluding carboxylic acids is 2. The van der Waals surface area contributed by atoms with Crippen LogP contribution in [0, 0.1) is 0 Å². The van der Waals surface area contributed by atoms with E-state index in [1.54, 1.807) is 0 Å². The lowest BCUT2D eigenvalue weighted by atomic mass is 9.90. The molecule has 1 atom stereocenters. The molecule has 0 spiro atoms. The first-order valence-corrected chi connectivity index (χ1v) is 3.55. The molecule has 0 aliphatic rings. The molecule has 0 bridgehead atoms. The van der Waals surface area contributed by atoms with Gasteiger partial charge in [0.1, 0.15) is 0 Å². The fourth-order valence-corrected chi connectivity index (χ4v) is 0.867. The largest absolute Gasteiger partial charge is 0.368 e. The number of rotatable bonds is 4. The lowest BCUT2D eigenvalue weighted by Gasteiger charge is -2.21. The van der Waals surface area contributed by atoms with Gasteiger partial charge in [0.15, 0.2) is 11.3 Å². The number of hydrogen-bond donors (Lipinski definition) is 2. The van der Waals surface area contributed by atoms with E-state index in [0.717, 1.165) is 0 Å². The van der Waals surface area contributed by atoms with Crippen LogP contribution in [0.25, 0.3) is 0 Å². The molecule has 0 fully saturated rings. The molecule has 11 heavy (non-hydrogen) atoms. The minimum absolute atomic E-state index is 0.317. The standard InChI is InChI=1S/C7H14N2O2/c1-3-4-7(9,5(2)10)6(8)11/h3-4,9H2,1-2H3,(H2,8,11). The van der Waals surface area contributed by atoms with Crippen molar-refractivity contribution in [2.24, 2.45) is 11.5 Å². The molecule has 4 heteroatoms. The molecular weight excluding hydrogens is 144 g/mol. The monoisotopic (exact) mass is 158 g/mol. The number of amides is 1. The summed E-state index contributed by atoms with van der Waals surface area (Å²) in [5.74, 6) is -1.11. The Morgan fingerprint density at radius 1 is 1.45 bits per heavy atom. The van der Waals surface area contributed by atoms with Gasteiger partial charge in [-0.2, -0.15) is 0 Å². The van der Waals surface area contributed by atoms with Gasteiger partial charge in [0.25, 0.3) is 0 Å². The molecule has 4 N–H and O–H groups in total. The van der Waals surface area contributed by atoms with E-state index in [1.807, 2.05) is 6.92 Å². The fourth-order valence-electron chi connectivity index (χ4n) is 0.867. The van der Waals surface area contributed by atoms with Crippen LogP contribution in [0.5, 0.6) is 0 Å². The van der Waals surface area contributed by atoms with E-state index >= 15 is 0 Å². The summed E-state index contributed by atoms with van der Waals surface area (Å²) in [6, 6.07) is 0. The molecule has 0 aromatic rings. The Morgan fingerprint density at radius 3 is 2.00 bits per heavy atom. The Bertz CT molecular complexity index is 163. The van der Waals surface area contributed by atoms with Crippen molar-refractivity contribution in [3.63, 3.8) is 0 Å². The summed E-state index contributed by atoms with van der Waals surface area (Å²) in [6.07, 6.45) is 0.983. The summed E-state index contributed by atoms with van der Waals surface area (Å²) in [5, 5.41) is 0. The SMILES string of the molecule is CCCC(N)(C(C)=O)C(N)=O. The highest BCUT2D eigenvalue weighted by atomic mass is 16.2. The predicted octanol–water partition coefficient (Wildman–Crippen LogP) is -0.442. The first-order chi connectivity index (χ1) is 4.95. The molecule has 0 rings (SSSR count). The van der Waals surface area contributed by atoms with Crippen LogP contribution in [0.15, 0.2) is 0 Å². The second-order valence-electron chi connectivity index (χ2n) is 2.64. The van der Waals surface area contributed by atoms with Crippen molar-refractivity contribution in [3.05, 3.63) is 0 Å². The topological polar surface area (TPSA) is 86.2 Å². The Hall–Kier alpha value is -0.900. The van der Waals surface area contributed by atoms with Crippen molar-refractivity contribution in [3.8, 4) is 0 Å². The third-order valence-corrected chi connectivity index (χ3v) is 1.71. The third kappa shape index (κ3) is 2.01. The van der Waals surface area contributed by atoms with Gasteiger partial charge in [-0.15, -0.1) is 0 Å². The quantitative estimate of drug-likeness (QED) is 0.544. The van der Waals surface area contributed by atoms with E-state index in [0.29, 0.717) is 12.8 Å². The van der Waals surface area contributed by atoms with Crippen molar-refractivity contribution in [1.82, 2.24) is 0 Å². The molecule has 4 nitrogen and oxygen atoms in total. The average Bonchev–Trinajstić information content (AvgIpc) is 1.87. The molecule has 64 valence electrons. The van der Waals surface area contributed by atoms with E-state index in [2.05, 4.69) is 0 Å². The zero-order valence-electron chi connectivity index (χ0n) is 6.89. The van der Waals surface area contributed by atoms with E-state index in [9.17, 15) is 9.59 Å². The molecule has 0 aromatic carbocycles. The van der Waals surface area contributed by atoms with Crippen LogP contribution >= 0.6 is 0 Å². The zero-order chi connectivity index (χ0) is 9.07. The fraction of sp³-hybridized carbons (Fsp3) is 0.714. The van der Waals surface area contributed by atoms with E-state index in [4.69, 9.17) is 11.5 Å². The van der Waals surface area contributed by atoms with Gasteiger partial charge in [0.2, 0.25) is 5.91 Å². The summed E-state index contributed by atoms with van der Waals surface area (Å²) in [5.41, 5.74) is 8.99. The highest BCUT2D eigenvalue weighted by molar-refractivity contribution is 6.08. The average molecular weight is 158 g/mol. The smallest absolute Gasteiger partial charge is 0.245 e. The van der Waals surface area contributed by atoms with E-state index < -0.39 is 11.4 Å². The maximum atomic E-state index is 10.9. The highest BCUT2D eigenvalue weighted by Gasteiger charge is 2.35. The van der Waals surface area contributed by atoms with Gasteiger partial charge in [-0.25, -0.2) is 0 Å². The number of hydrogen-bond acceptors (Lipinski definition) is 3. The number of primary amides is 1. The van der Waals surface area contributed by atoms with Crippen molar-refractivity contribution in [2.75, 3.05) is 0 Å². The first kappa shape index (κ1) is 10.1. The molecule has 1 amide bonds. The molecule has 1 unspecified atom stereocenters. The van der Waals surface area contributed by atoms with Gasteiger partial charge < -0.3 is 11.5 Å². The van der Waals surface area contributed by atoms with E-state index in [-0.39, 0.29) is 5.78 Å². The van der Waals surface area contributed by atoms with Gasteiger partial charge in [-0.05, 0) is 13.3 Å². The van der Waals surface area contributed by atoms with Crippen LogP contribution in [0.1, 0.15) is 26.7 Å². The lowest BCUT2D eigenvalue weighted by molar-refractivity contribution is -0.133. The number of carbonyl (C=O) groups is 2. The molecule has 0 aliphatic heterocycles. The second-order valence-corrected chi connectivity index (χ2v) is 2.64. The zero-order valence-corrected chi connectivity index (χ0v) is 6.89. The summed E-state index contributed by atoms with van der Waals surface area (Å²) in [6.45, 7) is 3.12. The van der Waals surface area contributed by atoms with Crippen molar-refractivity contribution in [2.45, 2.75) is 32.2 Å². The Labute approximate surface area is 65.9 Å². The Kier molecular flexibility index (Phi) is 3.19. The number of ketones is 1. The molecule has 0 aliphatic carbocycles. The highest BCUT2D eigenvalue weighted by Crippen LogP contribution is 2.09. The van der Waals surface area contributed by atoms with Crippen LogP contribution in [-0.2, 0) is 9.59 Å². The molecule has 0 heterocycles. The predicted molar refractivity (Wildman–Crippen MR) is 41.7 cm³/mol. The maximum Gasteiger partial charge on any atom is 0.245 e. The van der Waals surface area contributed by atoms with Gasteiger partial charge in [-0.1, -0.05) is 13.3 Å². The van der Waals surface area contributed by atoms with Crippen LogP contribution in [0.3, 0.4) is 0 Å². The van der Waals surface area contributed by atoms with Crippen LogP contribution in [-0.4, -0.2) is 17.2 Å². The van der Waals surface area contributed by atoms with Crippen molar-refractivity contribution >= 4 is 11.7 Å². The Morgan fingerprint density at radius 2 is 1.91 bits per heavy atom. The van der Waals surface area contributed by atoms with Crippen LogP contribution in [0.2, 0.25) is 0 Å². The Balaban J connectivity index is 4.52. The maximum absolute atomic E-state index is 10.9. The molecule has 0 saturated carbocycles. The molecular formula is C7H14N2O2. The minimum Gasteiger partial charge on any atom is -0.368 e. The normalized spacial score (nSPS) is 15.5.